The van der Waals surface area contributed by atoms with Gasteiger partial charge in [0.05, 0.1) is 11.3 Å². The topological polar surface area (TPSA) is 87.5 Å². The standard InChI is InChI=1S/C19H28N4O2/c20-19(25)16-6-5-15(12-17(16)23-10-2-1-3-11-23)22-18(24)7-4-14-8-9-21-13-14/h5-6,12,14,21H,1-4,7-11,13H2,(H2,20,25)(H,22,24). The summed E-state index contributed by atoms with van der Waals surface area (Å²) in [6.07, 6.45) is 6.04. The van der Waals surface area contributed by atoms with Gasteiger partial charge in [-0.3, -0.25) is 9.59 Å². The maximum absolute atomic E-state index is 12.2. The van der Waals surface area contributed by atoms with E-state index in [0.29, 0.717) is 17.9 Å². The Hall–Kier alpha value is -2.08. The predicted octanol–water partition coefficient (Wildman–Crippen LogP) is 2.10. The van der Waals surface area contributed by atoms with E-state index in [1.165, 1.54) is 6.42 Å². The van der Waals surface area contributed by atoms with Gasteiger partial charge in [0.2, 0.25) is 5.91 Å². The van der Waals surface area contributed by atoms with Crippen LogP contribution in [0.3, 0.4) is 0 Å². The first-order valence-corrected chi connectivity index (χ1v) is 9.33. The fraction of sp³-hybridized carbons (Fsp3) is 0.579. The number of nitrogens with zero attached hydrogens (tertiary/aromatic N) is 1. The first-order chi connectivity index (χ1) is 12.1. The molecule has 1 aromatic rings. The number of nitrogens with two attached hydrogens (primary N) is 1. The summed E-state index contributed by atoms with van der Waals surface area (Å²) in [5.74, 6) is 0.211. The van der Waals surface area contributed by atoms with Crippen LogP contribution in [0.2, 0.25) is 0 Å². The third kappa shape index (κ3) is 4.72. The fourth-order valence-electron chi connectivity index (χ4n) is 3.73. The number of anilines is 2. The van der Waals surface area contributed by atoms with Gasteiger partial charge in [-0.15, -0.1) is 0 Å². The smallest absolute Gasteiger partial charge is 0.250 e. The van der Waals surface area contributed by atoms with Crippen molar-refractivity contribution in [3.05, 3.63) is 23.8 Å². The summed E-state index contributed by atoms with van der Waals surface area (Å²) in [6, 6.07) is 5.38. The summed E-state index contributed by atoms with van der Waals surface area (Å²) < 4.78 is 0. The Morgan fingerprint density at radius 2 is 2.04 bits per heavy atom. The molecule has 2 aliphatic rings. The maximum atomic E-state index is 12.2. The van der Waals surface area contributed by atoms with Gasteiger partial charge in [0.25, 0.3) is 5.91 Å². The maximum Gasteiger partial charge on any atom is 0.250 e. The van der Waals surface area contributed by atoms with Crippen LogP contribution in [0.4, 0.5) is 11.4 Å². The minimum absolute atomic E-state index is 0.0309. The van der Waals surface area contributed by atoms with Crippen LogP contribution in [0.5, 0.6) is 0 Å². The van der Waals surface area contributed by atoms with Gasteiger partial charge in [0, 0.05) is 25.2 Å². The van der Waals surface area contributed by atoms with Crippen molar-refractivity contribution in [1.29, 1.82) is 0 Å². The first-order valence-electron chi connectivity index (χ1n) is 9.33. The summed E-state index contributed by atoms with van der Waals surface area (Å²) in [4.78, 5) is 26.2. The van der Waals surface area contributed by atoms with E-state index in [1.54, 1.807) is 12.1 Å². The van der Waals surface area contributed by atoms with Crippen LogP contribution in [0.25, 0.3) is 0 Å². The Kier molecular flexibility index (Phi) is 5.91. The monoisotopic (exact) mass is 344 g/mol. The zero-order valence-corrected chi connectivity index (χ0v) is 14.7. The van der Waals surface area contributed by atoms with E-state index in [4.69, 9.17) is 5.73 Å². The molecule has 6 nitrogen and oxygen atoms in total. The average molecular weight is 344 g/mol. The van der Waals surface area contributed by atoms with Crippen LogP contribution in [-0.4, -0.2) is 38.0 Å². The van der Waals surface area contributed by atoms with Gasteiger partial charge < -0.3 is 21.3 Å². The van der Waals surface area contributed by atoms with Crippen LogP contribution >= 0.6 is 0 Å². The molecular formula is C19H28N4O2. The Balaban J connectivity index is 1.66. The van der Waals surface area contributed by atoms with E-state index in [-0.39, 0.29) is 5.91 Å². The second-order valence-corrected chi connectivity index (χ2v) is 7.09. The van der Waals surface area contributed by atoms with Crippen molar-refractivity contribution in [3.63, 3.8) is 0 Å². The Morgan fingerprint density at radius 1 is 1.24 bits per heavy atom. The zero-order valence-electron chi connectivity index (χ0n) is 14.7. The highest BCUT2D eigenvalue weighted by molar-refractivity contribution is 6.00. The molecule has 0 saturated carbocycles. The highest BCUT2D eigenvalue weighted by Gasteiger charge is 2.19. The number of hydrogen-bond acceptors (Lipinski definition) is 4. The Bertz CT molecular complexity index is 620. The molecule has 0 aromatic heterocycles. The number of hydrogen-bond donors (Lipinski definition) is 3. The quantitative estimate of drug-likeness (QED) is 0.737. The Labute approximate surface area is 149 Å². The number of carbonyl (C=O) groups excluding carboxylic acids is 2. The number of rotatable bonds is 6. The molecule has 6 heteroatoms. The summed E-state index contributed by atoms with van der Waals surface area (Å²) in [5, 5.41) is 6.30. The van der Waals surface area contributed by atoms with E-state index in [2.05, 4.69) is 15.5 Å². The van der Waals surface area contributed by atoms with Crippen molar-refractivity contribution in [2.75, 3.05) is 36.4 Å². The van der Waals surface area contributed by atoms with Gasteiger partial charge in [0.15, 0.2) is 0 Å². The van der Waals surface area contributed by atoms with Gasteiger partial charge in [-0.25, -0.2) is 0 Å². The number of amides is 2. The van der Waals surface area contributed by atoms with Crippen molar-refractivity contribution in [2.24, 2.45) is 11.7 Å². The lowest BCUT2D eigenvalue weighted by Crippen LogP contribution is -2.31. The molecule has 2 saturated heterocycles. The lowest BCUT2D eigenvalue weighted by Gasteiger charge is -2.30. The molecule has 4 N–H and O–H groups in total. The molecule has 2 fully saturated rings. The number of benzene rings is 1. The van der Waals surface area contributed by atoms with E-state index in [9.17, 15) is 9.59 Å². The number of piperidine rings is 1. The second-order valence-electron chi connectivity index (χ2n) is 7.09. The molecule has 136 valence electrons. The molecule has 3 rings (SSSR count). The van der Waals surface area contributed by atoms with Crippen LogP contribution in [0.15, 0.2) is 18.2 Å². The minimum Gasteiger partial charge on any atom is -0.371 e. The van der Waals surface area contributed by atoms with Crippen LogP contribution in [0, 0.1) is 5.92 Å². The van der Waals surface area contributed by atoms with Crippen LogP contribution in [0.1, 0.15) is 48.9 Å². The molecule has 1 aromatic carbocycles. The molecule has 1 unspecified atom stereocenters. The molecule has 25 heavy (non-hydrogen) atoms. The molecule has 2 amide bonds. The number of carbonyl (C=O) groups is 2. The fourth-order valence-corrected chi connectivity index (χ4v) is 3.73. The van der Waals surface area contributed by atoms with E-state index in [0.717, 1.165) is 63.2 Å². The predicted molar refractivity (Wildman–Crippen MR) is 99.9 cm³/mol. The third-order valence-electron chi connectivity index (χ3n) is 5.19. The summed E-state index contributed by atoms with van der Waals surface area (Å²) in [6.45, 7) is 3.92. The summed E-state index contributed by atoms with van der Waals surface area (Å²) in [5.41, 5.74) is 7.63. The van der Waals surface area contributed by atoms with Gasteiger partial charge in [0.1, 0.15) is 0 Å². The van der Waals surface area contributed by atoms with Gasteiger partial charge in [-0.05, 0) is 69.3 Å². The second kappa shape index (κ2) is 8.34. The lowest BCUT2D eigenvalue weighted by molar-refractivity contribution is -0.116. The number of primary amides is 1. The van der Waals surface area contributed by atoms with Crippen molar-refractivity contribution >= 4 is 23.2 Å². The van der Waals surface area contributed by atoms with Crippen molar-refractivity contribution in [1.82, 2.24) is 5.32 Å². The third-order valence-corrected chi connectivity index (χ3v) is 5.19. The van der Waals surface area contributed by atoms with Crippen LogP contribution in [-0.2, 0) is 4.79 Å². The molecule has 0 radical (unpaired) electrons. The Morgan fingerprint density at radius 3 is 2.72 bits per heavy atom. The highest BCUT2D eigenvalue weighted by Crippen LogP contribution is 2.28. The molecule has 2 aliphatic heterocycles. The van der Waals surface area contributed by atoms with Gasteiger partial charge in [-0.1, -0.05) is 0 Å². The normalized spacial score (nSPS) is 20.5. The molecule has 0 aliphatic carbocycles. The minimum atomic E-state index is -0.424. The van der Waals surface area contributed by atoms with Gasteiger partial charge >= 0.3 is 0 Å². The highest BCUT2D eigenvalue weighted by atomic mass is 16.2. The SMILES string of the molecule is NC(=O)c1ccc(NC(=O)CCC2CCNC2)cc1N1CCCCC1. The molecule has 0 spiro atoms. The lowest BCUT2D eigenvalue weighted by atomic mass is 10.0. The van der Waals surface area contributed by atoms with Gasteiger partial charge in [-0.2, -0.15) is 0 Å². The van der Waals surface area contributed by atoms with E-state index < -0.39 is 5.91 Å². The van der Waals surface area contributed by atoms with Crippen LogP contribution < -0.4 is 21.3 Å². The number of nitrogens with one attached hydrogen (secondary N) is 2. The first kappa shape index (κ1) is 17.7. The van der Waals surface area contributed by atoms with E-state index >= 15 is 0 Å². The average Bonchev–Trinajstić information content (AvgIpc) is 3.14. The molecule has 0 bridgehead atoms. The molecule has 2 heterocycles. The molecular weight excluding hydrogens is 316 g/mol. The summed E-state index contributed by atoms with van der Waals surface area (Å²) >= 11 is 0. The largest absolute Gasteiger partial charge is 0.371 e. The van der Waals surface area contributed by atoms with Crippen molar-refractivity contribution in [3.8, 4) is 0 Å². The molecule has 1 atom stereocenters. The van der Waals surface area contributed by atoms with Crippen molar-refractivity contribution < 1.29 is 9.59 Å². The summed E-state index contributed by atoms with van der Waals surface area (Å²) in [7, 11) is 0. The van der Waals surface area contributed by atoms with Crippen molar-refractivity contribution in [2.45, 2.75) is 38.5 Å². The van der Waals surface area contributed by atoms with E-state index in [1.807, 2.05) is 6.07 Å². The zero-order chi connectivity index (χ0) is 17.6.